The van der Waals surface area contributed by atoms with Crippen LogP contribution in [0.25, 0.3) is 11.0 Å². The fraction of sp³-hybridized carbons (Fsp3) is 0. The van der Waals surface area contributed by atoms with Crippen LogP contribution in [0.2, 0.25) is 0 Å². The van der Waals surface area contributed by atoms with Crippen LogP contribution in [0.4, 0.5) is 0 Å². The van der Waals surface area contributed by atoms with E-state index >= 15 is 0 Å². The Labute approximate surface area is 174 Å². The number of nitrogens with zero attached hydrogens (tertiary/aromatic N) is 2. The smallest absolute Gasteiger partial charge is 0.133 e. The number of aromatic nitrogens is 2. The maximum absolute atomic E-state index is 4.63. The Morgan fingerprint density at radius 2 is 0.812 bits per heavy atom. The molecule has 2 aromatic rings. The Kier molecular flexibility index (Phi) is 5.89. The summed E-state index contributed by atoms with van der Waals surface area (Å²) in [4.78, 5) is 9.27. The highest BCUT2D eigenvalue weighted by Crippen LogP contribution is 2.33. The van der Waals surface area contributed by atoms with E-state index in [1.807, 2.05) is 0 Å². The molecule has 1 aromatic carbocycles. The molecule has 0 unspecified atom stereocenters. The van der Waals surface area contributed by atoms with E-state index in [9.17, 15) is 0 Å². The SMILES string of the molecule is Ic1nc2c(I)c(I)c(I)c(I)c2nc1I. The minimum absolute atomic E-state index is 0.969. The molecule has 0 aliphatic rings. The molecular weight excluding hydrogens is 886 g/mol. The molecule has 0 aliphatic carbocycles. The van der Waals surface area contributed by atoms with Crippen molar-refractivity contribution in [3.8, 4) is 0 Å². The average molecular weight is 886 g/mol. The number of rotatable bonds is 0. The molecule has 0 saturated heterocycles. The summed E-state index contributed by atoms with van der Waals surface area (Å²) in [6.07, 6.45) is 0. The summed E-state index contributed by atoms with van der Waals surface area (Å²) in [5, 5.41) is 0. The van der Waals surface area contributed by atoms with Gasteiger partial charge in [-0.2, -0.15) is 0 Å². The molecule has 1 heterocycles. The van der Waals surface area contributed by atoms with Crippen LogP contribution < -0.4 is 0 Å². The van der Waals surface area contributed by atoms with Gasteiger partial charge >= 0.3 is 0 Å². The lowest BCUT2D eigenvalue weighted by molar-refractivity contribution is 1.18. The Balaban J connectivity index is 3.02. The second kappa shape index (κ2) is 6.15. The second-order valence-electron chi connectivity index (χ2n) is 2.76. The van der Waals surface area contributed by atoms with Gasteiger partial charge in [-0.3, -0.25) is 0 Å². The zero-order valence-corrected chi connectivity index (χ0v) is 20.1. The maximum atomic E-state index is 4.63. The summed E-state index contributed by atoms with van der Waals surface area (Å²) >= 11 is 13.9. The fourth-order valence-corrected chi connectivity index (χ4v) is 5.20. The van der Waals surface area contributed by atoms with E-state index in [1.165, 1.54) is 14.3 Å². The van der Waals surface area contributed by atoms with E-state index in [1.54, 1.807) is 0 Å². The van der Waals surface area contributed by atoms with Crippen molar-refractivity contribution in [2.24, 2.45) is 0 Å². The van der Waals surface area contributed by atoms with Crippen LogP contribution in [-0.4, -0.2) is 9.97 Å². The van der Waals surface area contributed by atoms with Crippen molar-refractivity contribution in [1.82, 2.24) is 9.97 Å². The summed E-state index contributed by atoms with van der Waals surface area (Å²) in [7, 11) is 0. The predicted octanol–water partition coefficient (Wildman–Crippen LogP) is 5.26. The molecule has 0 bridgehead atoms. The predicted molar refractivity (Wildman–Crippen MR) is 116 cm³/mol. The van der Waals surface area contributed by atoms with E-state index in [0.717, 1.165) is 18.4 Å². The van der Waals surface area contributed by atoms with E-state index in [4.69, 9.17) is 0 Å². The molecule has 0 fully saturated rings. The third-order valence-corrected chi connectivity index (χ3v) is 11.7. The Bertz CT molecular complexity index is 545. The van der Waals surface area contributed by atoms with Crippen molar-refractivity contribution < 1.29 is 0 Å². The van der Waals surface area contributed by atoms with Crippen LogP contribution in [0.5, 0.6) is 0 Å². The van der Waals surface area contributed by atoms with Gasteiger partial charge in [-0.25, -0.2) is 9.97 Å². The Morgan fingerprint density at radius 3 is 1.12 bits per heavy atom. The zero-order valence-electron chi connectivity index (χ0n) is 7.16. The molecule has 84 valence electrons. The van der Waals surface area contributed by atoms with Gasteiger partial charge in [0.15, 0.2) is 0 Å². The lowest BCUT2D eigenvalue weighted by Gasteiger charge is -2.09. The van der Waals surface area contributed by atoms with Gasteiger partial charge in [0.25, 0.3) is 0 Å². The molecule has 0 saturated carbocycles. The first-order valence-corrected chi connectivity index (χ1v) is 10.3. The van der Waals surface area contributed by atoms with E-state index < -0.39 is 0 Å². The van der Waals surface area contributed by atoms with Gasteiger partial charge < -0.3 is 0 Å². The number of benzene rings is 1. The zero-order chi connectivity index (χ0) is 12.0. The Hall–Kier alpha value is 2.94. The molecule has 2 nitrogen and oxygen atoms in total. The number of fused-ring (bicyclic) bond motifs is 1. The highest BCUT2D eigenvalue weighted by atomic mass is 127. The topological polar surface area (TPSA) is 25.8 Å². The lowest BCUT2D eigenvalue weighted by atomic mass is 10.3. The first-order chi connectivity index (χ1) is 7.43. The normalized spacial score (nSPS) is 11.1. The van der Waals surface area contributed by atoms with Crippen LogP contribution in [0.1, 0.15) is 0 Å². The van der Waals surface area contributed by atoms with Crippen LogP contribution in [0.15, 0.2) is 0 Å². The van der Waals surface area contributed by atoms with Gasteiger partial charge in [-0.15, -0.1) is 0 Å². The third-order valence-electron chi connectivity index (χ3n) is 1.81. The average Bonchev–Trinajstić information content (AvgIpc) is 2.26. The first kappa shape index (κ1) is 15.3. The molecule has 0 atom stereocenters. The van der Waals surface area contributed by atoms with Crippen molar-refractivity contribution >= 4 is 147 Å². The number of halogens is 6. The minimum Gasteiger partial charge on any atom is -0.236 e. The van der Waals surface area contributed by atoms with E-state index in [2.05, 4.69) is 146 Å². The van der Waals surface area contributed by atoms with Crippen molar-refractivity contribution in [2.75, 3.05) is 0 Å². The van der Waals surface area contributed by atoms with Crippen LogP contribution in [0.3, 0.4) is 0 Å². The maximum Gasteiger partial charge on any atom is 0.133 e. The summed E-state index contributed by atoms with van der Waals surface area (Å²) in [5.41, 5.74) is 2.03. The molecule has 2 rings (SSSR count). The molecule has 0 N–H and O–H groups in total. The van der Waals surface area contributed by atoms with Crippen LogP contribution >= 0.6 is 136 Å². The van der Waals surface area contributed by atoms with Gasteiger partial charge in [0.2, 0.25) is 0 Å². The van der Waals surface area contributed by atoms with E-state index in [0.29, 0.717) is 0 Å². The highest BCUT2D eigenvalue weighted by molar-refractivity contribution is 14.1. The molecule has 16 heavy (non-hydrogen) atoms. The van der Waals surface area contributed by atoms with Gasteiger partial charge in [0, 0.05) is 7.14 Å². The fourth-order valence-electron chi connectivity index (χ4n) is 1.10. The van der Waals surface area contributed by atoms with Gasteiger partial charge in [-0.1, -0.05) is 0 Å². The quantitative estimate of drug-likeness (QED) is 0.205. The summed E-state index contributed by atoms with van der Waals surface area (Å²) in [5.74, 6) is 0. The van der Waals surface area contributed by atoms with Crippen molar-refractivity contribution in [3.05, 3.63) is 21.7 Å². The summed E-state index contributed by atoms with van der Waals surface area (Å²) in [6.45, 7) is 0. The van der Waals surface area contributed by atoms with Crippen LogP contribution in [-0.2, 0) is 0 Å². The molecule has 0 spiro atoms. The van der Waals surface area contributed by atoms with E-state index in [-0.39, 0.29) is 0 Å². The molecular formula is C8I6N2. The minimum atomic E-state index is 0.969. The molecule has 1 aromatic heterocycles. The lowest BCUT2D eigenvalue weighted by Crippen LogP contribution is -2.01. The monoisotopic (exact) mass is 885 g/mol. The van der Waals surface area contributed by atoms with Gasteiger partial charge in [0.05, 0.1) is 7.14 Å². The van der Waals surface area contributed by atoms with Crippen LogP contribution in [0, 0.1) is 21.7 Å². The van der Waals surface area contributed by atoms with Crippen molar-refractivity contribution in [3.63, 3.8) is 0 Å². The summed E-state index contributed by atoms with van der Waals surface area (Å²) in [6, 6.07) is 0. The largest absolute Gasteiger partial charge is 0.236 e. The summed E-state index contributed by atoms with van der Waals surface area (Å²) < 4.78 is 6.86. The third kappa shape index (κ3) is 2.84. The Morgan fingerprint density at radius 1 is 0.500 bits per heavy atom. The molecule has 0 amide bonds. The van der Waals surface area contributed by atoms with Gasteiger partial charge in [-0.05, 0) is 136 Å². The number of hydrogen-bond acceptors (Lipinski definition) is 2. The first-order valence-electron chi connectivity index (χ1n) is 3.78. The molecule has 8 heteroatoms. The van der Waals surface area contributed by atoms with Crippen molar-refractivity contribution in [2.45, 2.75) is 0 Å². The standard InChI is InChI=1S/C8I6N2/c9-1-2(10)4(12)6-5(3(1)11)15-7(13)8(14)16-6. The molecule has 0 aliphatic heterocycles. The highest BCUT2D eigenvalue weighted by Gasteiger charge is 2.16. The van der Waals surface area contributed by atoms with Crippen molar-refractivity contribution in [1.29, 1.82) is 0 Å². The second-order valence-corrected chi connectivity index (χ2v) is 9.12. The number of hydrogen-bond donors (Lipinski definition) is 0. The molecule has 0 radical (unpaired) electrons. The van der Waals surface area contributed by atoms with Gasteiger partial charge in [0.1, 0.15) is 18.4 Å².